The Balaban J connectivity index is 1.78. The van der Waals surface area contributed by atoms with E-state index in [9.17, 15) is 14.7 Å². The highest BCUT2D eigenvalue weighted by atomic mass is 16.5. The lowest BCUT2D eigenvalue weighted by Crippen LogP contribution is -2.30. The highest BCUT2D eigenvalue weighted by Gasteiger charge is 2.39. The zero-order chi connectivity index (χ0) is 18.3. The van der Waals surface area contributed by atoms with Crippen LogP contribution in [0.1, 0.15) is 50.2 Å². The number of aromatic carboxylic acids is 1. The van der Waals surface area contributed by atoms with E-state index in [1.165, 1.54) is 7.11 Å². The summed E-state index contributed by atoms with van der Waals surface area (Å²) < 4.78 is 4.93. The molecule has 0 saturated heterocycles. The molecule has 26 heavy (non-hydrogen) atoms. The molecule has 0 aromatic heterocycles. The largest absolute Gasteiger partial charge is 0.545 e. The van der Waals surface area contributed by atoms with Gasteiger partial charge in [0.25, 0.3) is 0 Å². The van der Waals surface area contributed by atoms with E-state index in [2.05, 4.69) is 17.5 Å². The number of hydrogen-bond acceptors (Lipinski definition) is 5. The van der Waals surface area contributed by atoms with Gasteiger partial charge in [0, 0.05) is 5.92 Å². The Bertz CT molecular complexity index is 901. The van der Waals surface area contributed by atoms with Crippen molar-refractivity contribution in [2.75, 3.05) is 12.4 Å². The maximum Gasteiger partial charge on any atom is 0.339 e. The van der Waals surface area contributed by atoms with Crippen LogP contribution in [0, 0.1) is 5.92 Å². The number of carboxylic acids is 1. The number of carbonyl (C=O) groups excluding carboxylic acids is 2. The fourth-order valence-electron chi connectivity index (χ4n) is 4.06. The van der Waals surface area contributed by atoms with Crippen LogP contribution in [0.5, 0.6) is 0 Å². The first-order valence-electron chi connectivity index (χ1n) is 8.56. The Kier molecular flexibility index (Phi) is 3.99. The van der Waals surface area contributed by atoms with Gasteiger partial charge in [-0.05, 0) is 35.1 Å². The summed E-state index contributed by atoms with van der Waals surface area (Å²) in [5.41, 5.74) is 3.54. The quantitative estimate of drug-likeness (QED) is 0.681. The Hall–Kier alpha value is -3.08. The highest BCUT2D eigenvalue weighted by Crippen LogP contribution is 2.50. The number of allylic oxidation sites excluding steroid dienone is 2. The molecule has 2 aromatic carbocycles. The van der Waals surface area contributed by atoms with Gasteiger partial charge in [0.05, 0.1) is 30.4 Å². The fraction of sp³-hybridized carbons (Fsp3) is 0.238. The van der Waals surface area contributed by atoms with Crippen LogP contribution in [0.15, 0.2) is 54.6 Å². The van der Waals surface area contributed by atoms with Gasteiger partial charge in [-0.15, -0.1) is 0 Å². The molecule has 0 saturated carbocycles. The van der Waals surface area contributed by atoms with Crippen LogP contribution in [-0.4, -0.2) is 19.0 Å². The van der Waals surface area contributed by atoms with E-state index < -0.39 is 5.97 Å². The zero-order valence-electron chi connectivity index (χ0n) is 14.3. The third kappa shape index (κ3) is 2.56. The lowest BCUT2D eigenvalue weighted by Gasteiger charge is -2.38. The van der Waals surface area contributed by atoms with Crippen LogP contribution in [0.25, 0.3) is 0 Å². The fourth-order valence-corrected chi connectivity index (χ4v) is 4.06. The number of hydrogen-bond donors (Lipinski definition) is 1. The molecule has 1 aliphatic carbocycles. The predicted octanol–water partition coefficient (Wildman–Crippen LogP) is 2.66. The van der Waals surface area contributed by atoms with E-state index in [0.717, 1.165) is 23.2 Å². The molecule has 0 fully saturated rings. The first-order valence-corrected chi connectivity index (χ1v) is 8.56. The van der Waals surface area contributed by atoms with Crippen molar-refractivity contribution in [1.82, 2.24) is 0 Å². The number of carboxylic acid groups (broad SMARTS) is 1. The van der Waals surface area contributed by atoms with Crippen LogP contribution in [0.2, 0.25) is 0 Å². The molecule has 0 radical (unpaired) electrons. The van der Waals surface area contributed by atoms with E-state index in [0.29, 0.717) is 11.5 Å². The maximum absolute atomic E-state index is 12.2. The molecule has 0 spiro atoms. The molecule has 5 heteroatoms. The standard InChI is InChI=1S/C21H19NO4/c1-26-21(25)17-7-3-6-16-14-4-2-5-15(14)18(22-19(16)17)12-8-10-13(11-9-12)20(23)24/h2-4,6-11,14-15,18,22H,5H2,1H3,(H,23,24)/p-1. The Morgan fingerprint density at radius 1 is 1.15 bits per heavy atom. The zero-order valence-corrected chi connectivity index (χ0v) is 14.3. The van der Waals surface area contributed by atoms with Crippen molar-refractivity contribution in [3.8, 4) is 0 Å². The minimum absolute atomic E-state index is 0.0240. The van der Waals surface area contributed by atoms with Crippen LogP contribution < -0.4 is 10.4 Å². The molecule has 1 aliphatic heterocycles. The minimum atomic E-state index is -1.19. The second-order valence-corrected chi connectivity index (χ2v) is 6.65. The molecular weight excluding hydrogens is 330 g/mol. The number of carbonyl (C=O) groups is 2. The van der Waals surface area contributed by atoms with Crippen molar-refractivity contribution < 1.29 is 19.4 Å². The van der Waals surface area contributed by atoms with E-state index in [-0.39, 0.29) is 23.5 Å². The molecule has 3 unspecified atom stereocenters. The van der Waals surface area contributed by atoms with E-state index in [1.807, 2.05) is 24.3 Å². The second-order valence-electron chi connectivity index (χ2n) is 6.65. The average molecular weight is 348 g/mol. The summed E-state index contributed by atoms with van der Waals surface area (Å²) in [7, 11) is 1.37. The van der Waals surface area contributed by atoms with Crippen molar-refractivity contribution in [1.29, 1.82) is 0 Å². The van der Waals surface area contributed by atoms with Crippen molar-refractivity contribution in [2.45, 2.75) is 18.4 Å². The summed E-state index contributed by atoms with van der Waals surface area (Å²) in [5, 5.41) is 14.5. The smallest absolute Gasteiger partial charge is 0.339 e. The monoisotopic (exact) mass is 348 g/mol. The van der Waals surface area contributed by atoms with E-state index in [1.54, 1.807) is 18.2 Å². The Morgan fingerprint density at radius 2 is 1.92 bits per heavy atom. The third-order valence-corrected chi connectivity index (χ3v) is 5.31. The molecule has 1 N–H and O–H groups in total. The second kappa shape index (κ2) is 6.33. The van der Waals surface area contributed by atoms with Gasteiger partial charge in [0.15, 0.2) is 0 Å². The number of ether oxygens (including phenoxy) is 1. The number of esters is 1. The number of rotatable bonds is 3. The molecule has 2 aromatic rings. The van der Waals surface area contributed by atoms with Gasteiger partial charge >= 0.3 is 5.97 Å². The number of fused-ring (bicyclic) bond motifs is 3. The maximum atomic E-state index is 12.2. The van der Waals surface area contributed by atoms with Crippen molar-refractivity contribution >= 4 is 17.6 Å². The Labute approximate surface area is 151 Å². The lowest BCUT2D eigenvalue weighted by molar-refractivity contribution is -0.255. The van der Waals surface area contributed by atoms with Gasteiger partial charge in [-0.25, -0.2) is 4.79 Å². The Morgan fingerprint density at radius 3 is 2.62 bits per heavy atom. The van der Waals surface area contributed by atoms with Crippen LogP contribution in [-0.2, 0) is 4.74 Å². The first kappa shape index (κ1) is 16.4. The summed E-state index contributed by atoms with van der Waals surface area (Å²) >= 11 is 0. The van der Waals surface area contributed by atoms with Gasteiger partial charge < -0.3 is 20.0 Å². The molecule has 4 rings (SSSR count). The summed E-state index contributed by atoms with van der Waals surface area (Å²) in [4.78, 5) is 23.2. The molecule has 1 heterocycles. The summed E-state index contributed by atoms with van der Waals surface area (Å²) in [6.45, 7) is 0. The van der Waals surface area contributed by atoms with Crippen molar-refractivity contribution in [3.05, 3.63) is 76.9 Å². The molecule has 132 valence electrons. The predicted molar refractivity (Wildman–Crippen MR) is 94.9 cm³/mol. The normalized spacial score (nSPS) is 22.9. The minimum Gasteiger partial charge on any atom is -0.545 e. The molecule has 2 aliphatic rings. The van der Waals surface area contributed by atoms with Crippen LogP contribution in [0.4, 0.5) is 5.69 Å². The SMILES string of the molecule is COC(=O)c1cccc2c1NC(c1ccc(C(=O)[O-])cc1)C1CC=CC21. The molecule has 5 nitrogen and oxygen atoms in total. The average Bonchev–Trinajstić information content (AvgIpc) is 3.16. The van der Waals surface area contributed by atoms with Crippen molar-refractivity contribution in [3.63, 3.8) is 0 Å². The van der Waals surface area contributed by atoms with E-state index >= 15 is 0 Å². The van der Waals surface area contributed by atoms with Gasteiger partial charge in [-0.2, -0.15) is 0 Å². The molecular formula is C21H18NO4-. The van der Waals surface area contributed by atoms with Gasteiger partial charge in [0.2, 0.25) is 0 Å². The van der Waals surface area contributed by atoms with E-state index in [4.69, 9.17) is 4.74 Å². The van der Waals surface area contributed by atoms with Crippen molar-refractivity contribution in [2.24, 2.45) is 5.92 Å². The summed E-state index contributed by atoms with van der Waals surface area (Å²) in [6, 6.07) is 12.4. The van der Waals surface area contributed by atoms with Gasteiger partial charge in [0.1, 0.15) is 0 Å². The lowest BCUT2D eigenvalue weighted by atomic mass is 9.76. The van der Waals surface area contributed by atoms with Crippen LogP contribution >= 0.6 is 0 Å². The molecule has 3 atom stereocenters. The van der Waals surface area contributed by atoms with Gasteiger partial charge in [-0.1, -0.05) is 48.6 Å². The number of benzene rings is 2. The number of nitrogens with one attached hydrogen (secondary N) is 1. The summed E-state index contributed by atoms with van der Waals surface area (Å²) in [6.07, 6.45) is 5.28. The van der Waals surface area contributed by atoms with Crippen LogP contribution in [0.3, 0.4) is 0 Å². The molecule has 0 bridgehead atoms. The third-order valence-electron chi connectivity index (χ3n) is 5.31. The van der Waals surface area contributed by atoms with Gasteiger partial charge in [-0.3, -0.25) is 0 Å². The summed E-state index contributed by atoms with van der Waals surface area (Å²) in [5.74, 6) is -1.04. The number of anilines is 1. The molecule has 0 amide bonds. The highest BCUT2D eigenvalue weighted by molar-refractivity contribution is 5.97. The topological polar surface area (TPSA) is 78.5 Å². The first-order chi connectivity index (χ1) is 12.6. The number of methoxy groups -OCH3 is 1. The number of para-hydroxylation sites is 1.